The molecule has 4 heteroatoms. The Kier molecular flexibility index (Phi) is 4.94. The van der Waals surface area contributed by atoms with E-state index in [2.05, 4.69) is 51.1 Å². The minimum absolute atomic E-state index is 0.492. The molecule has 3 aliphatic rings. The van der Waals surface area contributed by atoms with Crippen molar-refractivity contribution in [3.05, 3.63) is 64.8 Å². The molecule has 144 valence electrons. The Bertz CT molecular complexity index is 1010. The van der Waals surface area contributed by atoms with Crippen LogP contribution in [0.4, 0.5) is 0 Å². The number of halogens is 1. The van der Waals surface area contributed by atoms with Crippen LogP contribution in [0.5, 0.6) is 0 Å². The summed E-state index contributed by atoms with van der Waals surface area (Å²) >= 11 is 6.58. The van der Waals surface area contributed by atoms with Crippen molar-refractivity contribution in [3.63, 3.8) is 0 Å². The number of fused-ring (bicyclic) bond motifs is 2. The Morgan fingerprint density at radius 3 is 2.46 bits per heavy atom. The Labute approximate surface area is 171 Å². The Balaban J connectivity index is 1.60. The molecule has 28 heavy (non-hydrogen) atoms. The van der Waals surface area contributed by atoms with E-state index in [1.807, 2.05) is 0 Å². The lowest BCUT2D eigenvalue weighted by atomic mass is 10.0. The van der Waals surface area contributed by atoms with Gasteiger partial charge in [0.25, 0.3) is 0 Å². The summed E-state index contributed by atoms with van der Waals surface area (Å²) in [6.45, 7) is 0. The summed E-state index contributed by atoms with van der Waals surface area (Å²) in [4.78, 5) is 8.96. The predicted molar refractivity (Wildman–Crippen MR) is 116 cm³/mol. The van der Waals surface area contributed by atoms with E-state index in [1.165, 1.54) is 68.1 Å². The number of hydrogen-bond donors (Lipinski definition) is 0. The van der Waals surface area contributed by atoms with Gasteiger partial charge in [0, 0.05) is 17.8 Å². The zero-order valence-corrected chi connectivity index (χ0v) is 17.0. The molecule has 3 nitrogen and oxygen atoms in total. The van der Waals surface area contributed by atoms with E-state index in [0.29, 0.717) is 11.2 Å². The molecule has 0 atom stereocenters. The fraction of sp³-hybridized carbons (Fsp3) is 0.417. The molecular weight excluding hydrogens is 366 g/mol. The van der Waals surface area contributed by atoms with Crippen molar-refractivity contribution >= 4 is 28.2 Å². The molecule has 0 aliphatic heterocycles. The summed E-state index contributed by atoms with van der Waals surface area (Å²) in [5.74, 6) is 0. The second-order valence-corrected chi connectivity index (χ2v) is 8.57. The van der Waals surface area contributed by atoms with E-state index >= 15 is 0 Å². The van der Waals surface area contributed by atoms with E-state index in [0.717, 1.165) is 23.0 Å². The number of hydrogen-bond acceptors (Lipinski definition) is 2. The van der Waals surface area contributed by atoms with Gasteiger partial charge in [-0.05, 0) is 36.0 Å². The average Bonchev–Trinajstić information content (AvgIpc) is 3.25. The van der Waals surface area contributed by atoms with Crippen molar-refractivity contribution in [1.29, 1.82) is 0 Å². The van der Waals surface area contributed by atoms with Crippen LogP contribution in [-0.2, 0) is 0 Å². The highest BCUT2D eigenvalue weighted by molar-refractivity contribution is 6.34. The molecule has 2 heterocycles. The molecule has 0 amide bonds. The largest absolute Gasteiger partial charge is 0.329 e. The summed E-state index contributed by atoms with van der Waals surface area (Å²) in [5, 5.41) is 1.53. The number of nitrogens with zero attached hydrogens (tertiary/aromatic N) is 3. The maximum absolute atomic E-state index is 6.58. The van der Waals surface area contributed by atoms with Crippen LogP contribution >= 0.6 is 11.6 Å². The quantitative estimate of drug-likeness (QED) is 0.517. The van der Waals surface area contributed by atoms with E-state index < -0.39 is 0 Å². The molecule has 0 spiro atoms. The zero-order valence-electron chi connectivity index (χ0n) is 16.2. The third-order valence-corrected chi connectivity index (χ3v) is 6.58. The summed E-state index contributed by atoms with van der Waals surface area (Å²) in [6.07, 6.45) is 26.5. The Morgan fingerprint density at radius 1 is 0.893 bits per heavy atom. The Morgan fingerprint density at radius 2 is 1.64 bits per heavy atom. The molecule has 2 saturated carbocycles. The first-order chi connectivity index (χ1) is 13.8. The van der Waals surface area contributed by atoms with Crippen molar-refractivity contribution in [1.82, 2.24) is 14.5 Å². The van der Waals surface area contributed by atoms with Crippen LogP contribution in [0.1, 0.15) is 69.4 Å². The minimum Gasteiger partial charge on any atom is -0.329 e. The molecule has 3 aliphatic carbocycles. The van der Waals surface area contributed by atoms with Gasteiger partial charge in [-0.3, -0.25) is 0 Å². The maximum Gasteiger partial charge on any atom is 0.145 e. The fourth-order valence-corrected chi connectivity index (χ4v) is 4.85. The molecular formula is C24H26ClN3. The third-order valence-electron chi connectivity index (χ3n) is 6.30. The molecule has 2 aromatic rings. The van der Waals surface area contributed by atoms with Gasteiger partial charge < -0.3 is 4.57 Å². The smallest absolute Gasteiger partial charge is 0.145 e. The molecule has 0 bridgehead atoms. The van der Waals surface area contributed by atoms with Crippen LogP contribution in [0.3, 0.4) is 0 Å². The second kappa shape index (κ2) is 7.71. The summed E-state index contributed by atoms with van der Waals surface area (Å²) in [5.41, 5.74) is 6.18. The first-order valence-corrected chi connectivity index (χ1v) is 11.0. The van der Waals surface area contributed by atoms with Gasteiger partial charge in [0.1, 0.15) is 17.1 Å². The van der Waals surface area contributed by atoms with Crippen LogP contribution < -0.4 is 0 Å². The van der Waals surface area contributed by atoms with Gasteiger partial charge in [0.2, 0.25) is 0 Å². The third kappa shape index (κ3) is 3.48. The van der Waals surface area contributed by atoms with E-state index in [4.69, 9.17) is 11.6 Å². The Hall–Kier alpha value is -2.13. The lowest BCUT2D eigenvalue weighted by molar-refractivity contribution is 0.424. The normalized spacial score (nSPS) is 24.5. The zero-order chi connectivity index (χ0) is 18.9. The lowest BCUT2D eigenvalue weighted by Gasteiger charge is -2.19. The molecule has 0 radical (unpaired) electrons. The first-order valence-electron chi connectivity index (χ1n) is 10.6. The molecule has 0 unspecified atom stereocenters. The van der Waals surface area contributed by atoms with Gasteiger partial charge in [0.05, 0.1) is 5.39 Å². The maximum atomic E-state index is 6.58. The molecule has 2 aromatic heterocycles. The first kappa shape index (κ1) is 17.9. The van der Waals surface area contributed by atoms with Gasteiger partial charge in [0.15, 0.2) is 0 Å². The predicted octanol–water partition coefficient (Wildman–Crippen LogP) is 6.97. The van der Waals surface area contributed by atoms with Gasteiger partial charge >= 0.3 is 0 Å². The van der Waals surface area contributed by atoms with Gasteiger partial charge in [-0.2, -0.15) is 0 Å². The van der Waals surface area contributed by atoms with Gasteiger partial charge in [-0.15, -0.1) is 0 Å². The standard InChI is InChI=1S/C24H26ClN3/c25-23-22-21(17-8-7-9-18-14-19(18)13-12-17)15-28(24(22)27-16-26-23)20-10-5-3-1-2-4-6-11-20/h7-9,12-13,15-16,20H,1-6,10-11,14H2/b8-7?,9-7?,13-12?,17-8?,17-12?,18-9-,19-13-. The highest BCUT2D eigenvalue weighted by Gasteiger charge is 2.23. The highest BCUT2D eigenvalue weighted by atomic mass is 35.5. The van der Waals surface area contributed by atoms with Crippen LogP contribution in [-0.4, -0.2) is 14.5 Å². The molecule has 0 aromatic carbocycles. The van der Waals surface area contributed by atoms with Gasteiger partial charge in [-0.25, -0.2) is 9.97 Å². The monoisotopic (exact) mass is 391 g/mol. The fourth-order valence-electron chi connectivity index (χ4n) is 4.62. The van der Waals surface area contributed by atoms with E-state index in [9.17, 15) is 0 Å². The number of allylic oxidation sites excluding steroid dienone is 8. The summed E-state index contributed by atoms with van der Waals surface area (Å²) in [6, 6.07) is 0.492. The molecule has 5 rings (SSSR count). The SMILES string of the molecule is Clc1ncnc2c1c(C1=C/C=C3/C/C3=C/C=C1)cn2C1CCCCCCCC1. The summed E-state index contributed by atoms with van der Waals surface area (Å²) < 4.78 is 2.39. The second-order valence-electron chi connectivity index (χ2n) is 8.21. The molecule has 2 fully saturated rings. The topological polar surface area (TPSA) is 30.7 Å². The number of aromatic nitrogens is 3. The lowest BCUT2D eigenvalue weighted by Crippen LogP contribution is -2.08. The van der Waals surface area contributed by atoms with Crippen molar-refractivity contribution in [2.45, 2.75) is 63.8 Å². The molecule has 0 saturated heterocycles. The van der Waals surface area contributed by atoms with Crippen molar-refractivity contribution in [2.75, 3.05) is 0 Å². The van der Waals surface area contributed by atoms with E-state index in [-0.39, 0.29) is 0 Å². The van der Waals surface area contributed by atoms with Crippen molar-refractivity contribution in [3.8, 4) is 0 Å². The van der Waals surface area contributed by atoms with Crippen LogP contribution in [0.15, 0.2) is 54.1 Å². The highest BCUT2D eigenvalue weighted by Crippen LogP contribution is 2.40. The summed E-state index contributed by atoms with van der Waals surface area (Å²) in [7, 11) is 0. The van der Waals surface area contributed by atoms with Crippen LogP contribution in [0.2, 0.25) is 5.15 Å². The van der Waals surface area contributed by atoms with Crippen molar-refractivity contribution in [2.24, 2.45) is 0 Å². The van der Waals surface area contributed by atoms with Crippen LogP contribution in [0, 0.1) is 0 Å². The number of rotatable bonds is 2. The van der Waals surface area contributed by atoms with E-state index in [1.54, 1.807) is 6.33 Å². The van der Waals surface area contributed by atoms with Crippen LogP contribution in [0.25, 0.3) is 16.6 Å². The van der Waals surface area contributed by atoms with Gasteiger partial charge in [-0.1, -0.05) is 80.5 Å². The van der Waals surface area contributed by atoms with Crippen molar-refractivity contribution < 1.29 is 0 Å². The average molecular weight is 392 g/mol. The minimum atomic E-state index is 0.492. The molecule has 0 N–H and O–H groups in total.